The van der Waals surface area contributed by atoms with Gasteiger partial charge < -0.3 is 9.84 Å². The van der Waals surface area contributed by atoms with E-state index < -0.39 is 6.10 Å². The summed E-state index contributed by atoms with van der Waals surface area (Å²) in [6.45, 7) is 2.17. The van der Waals surface area contributed by atoms with Gasteiger partial charge in [-0.05, 0) is 12.3 Å². The molecule has 0 bridgehead atoms. The Morgan fingerprint density at radius 1 is 1.25 bits per heavy atom. The molecule has 4 heteroatoms. The largest absolute Gasteiger partial charge is 0.485 e. The smallest absolute Gasteiger partial charge is 0.140 e. The Kier molecular flexibility index (Phi) is 3.67. The van der Waals surface area contributed by atoms with Gasteiger partial charge in [0.25, 0.3) is 0 Å². The van der Waals surface area contributed by atoms with E-state index in [-0.39, 0.29) is 0 Å². The number of ether oxygens (including phenoxy) is 1. The minimum Gasteiger partial charge on any atom is -0.485 e. The third-order valence-corrected chi connectivity index (χ3v) is 3.94. The van der Waals surface area contributed by atoms with Crippen LogP contribution in [0.1, 0.15) is 23.6 Å². The predicted octanol–water partition coefficient (Wildman–Crippen LogP) is 3.93. The number of rotatable bonds is 4. The van der Waals surface area contributed by atoms with Crippen LogP contribution in [0.2, 0.25) is 0 Å². The van der Waals surface area contributed by atoms with E-state index in [2.05, 4.69) is 4.98 Å². The standard InChI is InChI=1S/C16H15NO2S/c1-11(18)13-7-6-12-4-2-3-5-14(12)16(13)19-10-15-17-8-9-20-15/h2-9,11,18H,10H2,1H3/t11-/m1/s1. The lowest BCUT2D eigenvalue weighted by molar-refractivity contribution is 0.191. The Labute approximate surface area is 121 Å². The molecule has 0 radical (unpaired) electrons. The van der Waals surface area contributed by atoms with Crippen molar-refractivity contribution in [3.8, 4) is 5.75 Å². The summed E-state index contributed by atoms with van der Waals surface area (Å²) >= 11 is 1.56. The number of hydrogen-bond acceptors (Lipinski definition) is 4. The fraction of sp³-hybridized carbons (Fsp3) is 0.188. The Balaban J connectivity index is 2.03. The van der Waals surface area contributed by atoms with Gasteiger partial charge in [0.05, 0.1) is 6.10 Å². The highest BCUT2D eigenvalue weighted by Gasteiger charge is 2.13. The van der Waals surface area contributed by atoms with Gasteiger partial charge in [0, 0.05) is 22.5 Å². The van der Waals surface area contributed by atoms with Gasteiger partial charge in [0.1, 0.15) is 17.4 Å². The van der Waals surface area contributed by atoms with Crippen LogP contribution in [0.3, 0.4) is 0 Å². The van der Waals surface area contributed by atoms with Crippen LogP contribution >= 0.6 is 11.3 Å². The first kappa shape index (κ1) is 13.1. The van der Waals surface area contributed by atoms with Crippen LogP contribution in [0.15, 0.2) is 48.0 Å². The summed E-state index contributed by atoms with van der Waals surface area (Å²) in [6.07, 6.45) is 1.20. The molecule has 1 heterocycles. The lowest BCUT2D eigenvalue weighted by Gasteiger charge is -2.15. The Morgan fingerprint density at radius 2 is 2.10 bits per heavy atom. The highest BCUT2D eigenvalue weighted by Crippen LogP contribution is 2.34. The van der Waals surface area contributed by atoms with Crippen LogP contribution < -0.4 is 4.74 Å². The normalized spacial score (nSPS) is 12.5. The van der Waals surface area contributed by atoms with Gasteiger partial charge in [-0.15, -0.1) is 11.3 Å². The number of aromatic nitrogens is 1. The summed E-state index contributed by atoms with van der Waals surface area (Å²) < 4.78 is 5.94. The molecule has 0 aliphatic heterocycles. The molecule has 3 aromatic rings. The van der Waals surface area contributed by atoms with Crippen molar-refractivity contribution in [2.45, 2.75) is 19.6 Å². The van der Waals surface area contributed by atoms with Gasteiger partial charge in [0.15, 0.2) is 0 Å². The first-order chi connectivity index (χ1) is 9.75. The van der Waals surface area contributed by atoms with Gasteiger partial charge >= 0.3 is 0 Å². The molecular formula is C16H15NO2S. The Morgan fingerprint density at radius 3 is 2.85 bits per heavy atom. The van der Waals surface area contributed by atoms with E-state index in [4.69, 9.17) is 4.74 Å². The number of hydrogen-bond donors (Lipinski definition) is 1. The molecule has 0 spiro atoms. The third kappa shape index (κ3) is 2.53. The highest BCUT2D eigenvalue weighted by atomic mass is 32.1. The fourth-order valence-corrected chi connectivity index (χ4v) is 2.74. The molecule has 1 N–H and O–H groups in total. The maximum atomic E-state index is 9.93. The summed E-state index contributed by atoms with van der Waals surface area (Å²) in [4.78, 5) is 4.22. The number of nitrogens with zero attached hydrogens (tertiary/aromatic N) is 1. The van der Waals surface area contributed by atoms with Crippen molar-refractivity contribution in [3.63, 3.8) is 0 Å². The van der Waals surface area contributed by atoms with Gasteiger partial charge in [-0.3, -0.25) is 0 Å². The lowest BCUT2D eigenvalue weighted by atomic mass is 10.0. The highest BCUT2D eigenvalue weighted by molar-refractivity contribution is 7.09. The van der Waals surface area contributed by atoms with Crippen LogP contribution in [0.25, 0.3) is 10.8 Å². The number of aliphatic hydroxyl groups excluding tert-OH is 1. The molecule has 102 valence electrons. The molecule has 0 amide bonds. The quantitative estimate of drug-likeness (QED) is 0.789. The second-order valence-electron chi connectivity index (χ2n) is 4.60. The molecule has 1 aromatic heterocycles. The summed E-state index contributed by atoms with van der Waals surface area (Å²) in [7, 11) is 0. The van der Waals surface area contributed by atoms with Crippen molar-refractivity contribution >= 4 is 22.1 Å². The van der Waals surface area contributed by atoms with E-state index in [1.807, 2.05) is 41.8 Å². The molecule has 0 saturated heterocycles. The van der Waals surface area contributed by atoms with E-state index in [0.717, 1.165) is 27.1 Å². The van der Waals surface area contributed by atoms with Crippen LogP contribution in [0, 0.1) is 0 Å². The second kappa shape index (κ2) is 5.61. The summed E-state index contributed by atoms with van der Waals surface area (Å²) in [5.41, 5.74) is 0.806. The number of aliphatic hydroxyl groups is 1. The molecule has 0 unspecified atom stereocenters. The molecule has 1 atom stereocenters. The van der Waals surface area contributed by atoms with Crippen molar-refractivity contribution in [3.05, 3.63) is 58.5 Å². The molecule has 2 aromatic carbocycles. The maximum absolute atomic E-state index is 9.93. The van der Waals surface area contributed by atoms with Crippen molar-refractivity contribution < 1.29 is 9.84 Å². The monoisotopic (exact) mass is 285 g/mol. The molecule has 3 rings (SSSR count). The molecule has 0 aliphatic rings. The van der Waals surface area contributed by atoms with E-state index in [9.17, 15) is 5.11 Å². The molecule has 0 saturated carbocycles. The zero-order valence-corrected chi connectivity index (χ0v) is 11.9. The van der Waals surface area contributed by atoms with Crippen molar-refractivity contribution in [1.82, 2.24) is 4.98 Å². The summed E-state index contributed by atoms with van der Waals surface area (Å²) in [5.74, 6) is 0.744. The average molecular weight is 285 g/mol. The zero-order chi connectivity index (χ0) is 13.9. The minimum absolute atomic E-state index is 0.422. The van der Waals surface area contributed by atoms with E-state index in [1.165, 1.54) is 0 Å². The van der Waals surface area contributed by atoms with Crippen molar-refractivity contribution in [2.24, 2.45) is 0 Å². The summed E-state index contributed by atoms with van der Waals surface area (Å²) in [5, 5.41) is 14.9. The Hall–Kier alpha value is -1.91. The topological polar surface area (TPSA) is 42.4 Å². The SMILES string of the molecule is C[C@@H](O)c1ccc2ccccc2c1OCc1nccs1. The van der Waals surface area contributed by atoms with E-state index in [0.29, 0.717) is 6.61 Å². The van der Waals surface area contributed by atoms with Gasteiger partial charge in [-0.2, -0.15) is 0 Å². The van der Waals surface area contributed by atoms with Crippen LogP contribution in [-0.4, -0.2) is 10.1 Å². The Bertz CT molecular complexity index is 708. The van der Waals surface area contributed by atoms with E-state index in [1.54, 1.807) is 24.5 Å². The molecule has 0 fully saturated rings. The van der Waals surface area contributed by atoms with Gasteiger partial charge in [-0.25, -0.2) is 4.98 Å². The minimum atomic E-state index is -0.564. The zero-order valence-electron chi connectivity index (χ0n) is 11.1. The number of thiazole rings is 1. The number of benzene rings is 2. The molecule has 0 aliphatic carbocycles. The third-order valence-electron chi connectivity index (χ3n) is 3.18. The van der Waals surface area contributed by atoms with Crippen LogP contribution in [-0.2, 0) is 6.61 Å². The first-order valence-corrected chi connectivity index (χ1v) is 7.34. The average Bonchev–Trinajstić information content (AvgIpc) is 2.97. The van der Waals surface area contributed by atoms with Crippen molar-refractivity contribution in [1.29, 1.82) is 0 Å². The van der Waals surface area contributed by atoms with Gasteiger partial charge in [0.2, 0.25) is 0 Å². The lowest BCUT2D eigenvalue weighted by Crippen LogP contribution is -2.01. The van der Waals surface area contributed by atoms with Crippen LogP contribution in [0.4, 0.5) is 0 Å². The number of fused-ring (bicyclic) bond motifs is 1. The molecular weight excluding hydrogens is 270 g/mol. The second-order valence-corrected chi connectivity index (χ2v) is 5.57. The molecule has 3 nitrogen and oxygen atoms in total. The first-order valence-electron chi connectivity index (χ1n) is 6.46. The van der Waals surface area contributed by atoms with Crippen LogP contribution in [0.5, 0.6) is 5.75 Å². The van der Waals surface area contributed by atoms with E-state index >= 15 is 0 Å². The summed E-state index contributed by atoms with van der Waals surface area (Å²) in [6, 6.07) is 12.0. The maximum Gasteiger partial charge on any atom is 0.140 e. The fourth-order valence-electron chi connectivity index (χ4n) is 2.21. The predicted molar refractivity (Wildman–Crippen MR) is 81.0 cm³/mol. The van der Waals surface area contributed by atoms with Gasteiger partial charge in [-0.1, -0.05) is 36.4 Å². The molecule has 20 heavy (non-hydrogen) atoms. The van der Waals surface area contributed by atoms with Crippen molar-refractivity contribution in [2.75, 3.05) is 0 Å².